The van der Waals surface area contributed by atoms with E-state index in [0.717, 1.165) is 0 Å². The van der Waals surface area contributed by atoms with Crippen molar-refractivity contribution >= 4 is 5.78 Å². The van der Waals surface area contributed by atoms with Gasteiger partial charge >= 0.3 is 0 Å². The van der Waals surface area contributed by atoms with Crippen molar-refractivity contribution in [1.82, 2.24) is 0 Å². The van der Waals surface area contributed by atoms with Crippen molar-refractivity contribution in [2.75, 3.05) is 6.61 Å². The number of hydrogen-bond acceptors (Lipinski definition) is 3. The molecule has 0 rings (SSSR count). The number of terminal acetylenes is 1. The molecule has 0 heterocycles. The highest BCUT2D eigenvalue weighted by Crippen LogP contribution is 1.87. The van der Waals surface area contributed by atoms with Gasteiger partial charge < -0.3 is 10.2 Å². The highest BCUT2D eigenvalue weighted by molar-refractivity contribution is 5.84. The number of carbonyl (C=O) groups excluding carboxylic acids is 1. The van der Waals surface area contributed by atoms with E-state index >= 15 is 0 Å². The third-order valence-corrected chi connectivity index (χ3v) is 0.821. The summed E-state index contributed by atoms with van der Waals surface area (Å²) >= 11 is 0. The summed E-state index contributed by atoms with van der Waals surface area (Å²) in [6, 6.07) is 0. The van der Waals surface area contributed by atoms with E-state index in [9.17, 15) is 4.79 Å². The average molecular weight is 128 g/mol. The molecule has 0 aliphatic rings. The van der Waals surface area contributed by atoms with Crippen LogP contribution in [0.3, 0.4) is 0 Å². The maximum atomic E-state index is 10.4. The summed E-state index contributed by atoms with van der Waals surface area (Å²) in [6.07, 6.45) is 3.33. The van der Waals surface area contributed by atoms with E-state index < -0.39 is 18.5 Å². The zero-order valence-electron chi connectivity index (χ0n) is 4.87. The monoisotopic (exact) mass is 128 g/mol. The topological polar surface area (TPSA) is 57.5 Å². The van der Waals surface area contributed by atoms with Crippen molar-refractivity contribution in [3.05, 3.63) is 0 Å². The third-order valence-electron chi connectivity index (χ3n) is 0.821. The maximum absolute atomic E-state index is 10.4. The fourth-order valence-electron chi connectivity index (χ4n) is 0.320. The van der Waals surface area contributed by atoms with Crippen LogP contribution in [0.1, 0.15) is 6.42 Å². The van der Waals surface area contributed by atoms with Crippen LogP contribution in [-0.2, 0) is 4.79 Å². The Kier molecular flexibility index (Phi) is 3.69. The second-order valence-corrected chi connectivity index (χ2v) is 1.55. The second kappa shape index (κ2) is 4.07. The first kappa shape index (κ1) is 8.15. The first-order chi connectivity index (χ1) is 4.22. The van der Waals surface area contributed by atoms with Gasteiger partial charge in [0.1, 0.15) is 6.10 Å². The van der Waals surface area contributed by atoms with Crippen molar-refractivity contribution < 1.29 is 15.0 Å². The van der Waals surface area contributed by atoms with E-state index in [-0.39, 0.29) is 6.42 Å². The van der Waals surface area contributed by atoms with E-state index in [1.54, 1.807) is 0 Å². The number of carbonyl (C=O) groups is 1. The number of hydrogen-bond donors (Lipinski definition) is 2. The first-order valence-electron chi connectivity index (χ1n) is 2.47. The Labute approximate surface area is 53.3 Å². The quantitative estimate of drug-likeness (QED) is 0.476. The van der Waals surface area contributed by atoms with E-state index in [0.29, 0.717) is 0 Å². The molecule has 3 nitrogen and oxygen atoms in total. The number of rotatable bonds is 3. The number of Topliss-reactive ketones (excluding diaryl/α,β-unsaturated/α-hetero) is 1. The Balaban J connectivity index is 3.62. The Bertz CT molecular complexity index is 134. The van der Waals surface area contributed by atoms with Crippen LogP contribution in [0.4, 0.5) is 0 Å². The van der Waals surface area contributed by atoms with Crippen LogP contribution in [0, 0.1) is 12.3 Å². The van der Waals surface area contributed by atoms with Crippen LogP contribution in [0.25, 0.3) is 0 Å². The molecule has 0 aliphatic carbocycles. The Morgan fingerprint density at radius 1 is 1.78 bits per heavy atom. The minimum absolute atomic E-state index is 0.123. The van der Waals surface area contributed by atoms with Gasteiger partial charge in [0.05, 0.1) is 13.0 Å². The van der Waals surface area contributed by atoms with Gasteiger partial charge in [-0.3, -0.25) is 4.79 Å². The smallest absolute Gasteiger partial charge is 0.175 e. The second-order valence-electron chi connectivity index (χ2n) is 1.55. The molecule has 0 fully saturated rings. The van der Waals surface area contributed by atoms with E-state index in [1.165, 1.54) is 0 Å². The molecule has 0 aromatic heterocycles. The van der Waals surface area contributed by atoms with Crippen LogP contribution in [0.5, 0.6) is 0 Å². The van der Waals surface area contributed by atoms with E-state index in [2.05, 4.69) is 5.92 Å². The van der Waals surface area contributed by atoms with Crippen molar-refractivity contribution in [3.63, 3.8) is 0 Å². The Hall–Kier alpha value is -0.850. The maximum Gasteiger partial charge on any atom is 0.175 e. The molecule has 0 radical (unpaired) electrons. The SMILES string of the molecule is C#CCC(=O)C(O)CO. The van der Waals surface area contributed by atoms with Crippen LogP contribution in [-0.4, -0.2) is 28.7 Å². The van der Waals surface area contributed by atoms with Gasteiger partial charge in [-0.15, -0.1) is 6.42 Å². The molecule has 0 amide bonds. The zero-order chi connectivity index (χ0) is 7.28. The van der Waals surface area contributed by atoms with Crippen molar-refractivity contribution in [1.29, 1.82) is 0 Å². The van der Waals surface area contributed by atoms with Gasteiger partial charge in [0, 0.05) is 0 Å². The van der Waals surface area contributed by atoms with Gasteiger partial charge in [0.15, 0.2) is 5.78 Å². The van der Waals surface area contributed by atoms with Crippen LogP contribution >= 0.6 is 0 Å². The molecule has 0 bridgehead atoms. The highest BCUT2D eigenvalue weighted by atomic mass is 16.3. The Morgan fingerprint density at radius 2 is 2.33 bits per heavy atom. The fraction of sp³-hybridized carbons (Fsp3) is 0.500. The van der Waals surface area contributed by atoms with E-state index in [4.69, 9.17) is 16.6 Å². The molecule has 2 N–H and O–H groups in total. The summed E-state index contributed by atoms with van der Waals surface area (Å²) in [7, 11) is 0. The molecule has 0 aromatic rings. The summed E-state index contributed by atoms with van der Waals surface area (Å²) in [5.74, 6) is 1.55. The number of aliphatic hydroxyl groups is 2. The summed E-state index contributed by atoms with van der Waals surface area (Å²) in [5, 5.41) is 16.8. The lowest BCUT2D eigenvalue weighted by atomic mass is 10.2. The molecule has 9 heavy (non-hydrogen) atoms. The fourth-order valence-corrected chi connectivity index (χ4v) is 0.320. The standard InChI is InChI=1S/C6H8O3/c1-2-3-5(8)6(9)4-7/h1,6-7,9H,3-4H2. The van der Waals surface area contributed by atoms with Gasteiger partial charge in [0.25, 0.3) is 0 Å². The Morgan fingerprint density at radius 3 is 2.67 bits per heavy atom. The van der Waals surface area contributed by atoms with E-state index in [1.807, 2.05) is 0 Å². The molecular weight excluding hydrogens is 120 g/mol. The molecule has 0 saturated heterocycles. The molecule has 1 unspecified atom stereocenters. The van der Waals surface area contributed by atoms with Crippen molar-refractivity contribution in [2.24, 2.45) is 0 Å². The van der Waals surface area contributed by atoms with Crippen molar-refractivity contribution in [3.8, 4) is 12.3 Å². The predicted molar refractivity (Wildman–Crippen MR) is 31.5 cm³/mol. The molecule has 0 spiro atoms. The molecule has 0 aromatic carbocycles. The van der Waals surface area contributed by atoms with Crippen LogP contribution in [0.15, 0.2) is 0 Å². The first-order valence-corrected chi connectivity index (χ1v) is 2.47. The normalized spacial score (nSPS) is 12.1. The van der Waals surface area contributed by atoms with Gasteiger partial charge in [0.2, 0.25) is 0 Å². The zero-order valence-corrected chi connectivity index (χ0v) is 4.87. The summed E-state index contributed by atoms with van der Waals surface area (Å²) < 4.78 is 0. The van der Waals surface area contributed by atoms with Gasteiger partial charge in [-0.05, 0) is 0 Å². The minimum Gasteiger partial charge on any atom is -0.393 e. The largest absolute Gasteiger partial charge is 0.393 e. The molecule has 50 valence electrons. The molecule has 3 heteroatoms. The number of aliphatic hydroxyl groups excluding tert-OH is 2. The number of ketones is 1. The van der Waals surface area contributed by atoms with Crippen LogP contribution < -0.4 is 0 Å². The molecule has 1 atom stereocenters. The summed E-state index contributed by atoms with van der Waals surface area (Å²) in [6.45, 7) is -0.555. The minimum atomic E-state index is -1.30. The van der Waals surface area contributed by atoms with Gasteiger partial charge in [-0.2, -0.15) is 0 Å². The van der Waals surface area contributed by atoms with Gasteiger partial charge in [-0.25, -0.2) is 0 Å². The predicted octanol–water partition coefficient (Wildman–Crippen LogP) is -1.07. The summed E-state index contributed by atoms with van der Waals surface area (Å²) in [5.41, 5.74) is 0. The lowest BCUT2D eigenvalue weighted by Gasteiger charge is -2.00. The average Bonchev–Trinajstić information content (AvgIpc) is 1.87. The third kappa shape index (κ3) is 2.85. The van der Waals surface area contributed by atoms with Crippen molar-refractivity contribution in [2.45, 2.75) is 12.5 Å². The van der Waals surface area contributed by atoms with Crippen LogP contribution in [0.2, 0.25) is 0 Å². The molecular formula is C6H8O3. The molecule has 0 aliphatic heterocycles. The lowest BCUT2D eigenvalue weighted by molar-refractivity contribution is -0.127. The lowest BCUT2D eigenvalue weighted by Crippen LogP contribution is -2.23. The molecule has 0 saturated carbocycles. The van der Waals surface area contributed by atoms with Gasteiger partial charge in [-0.1, -0.05) is 5.92 Å². The highest BCUT2D eigenvalue weighted by Gasteiger charge is 2.10. The summed E-state index contributed by atoms with van der Waals surface area (Å²) in [4.78, 5) is 10.4.